The minimum atomic E-state index is 0.0882. The highest BCUT2D eigenvalue weighted by molar-refractivity contribution is 7.10. The molecule has 0 aliphatic heterocycles. The second-order valence-electron chi connectivity index (χ2n) is 5.01. The van der Waals surface area contributed by atoms with Gasteiger partial charge in [-0.15, -0.1) is 11.3 Å². The fourth-order valence-electron chi connectivity index (χ4n) is 2.11. The monoisotopic (exact) mass is 273 g/mol. The van der Waals surface area contributed by atoms with Gasteiger partial charge < -0.3 is 4.90 Å². The van der Waals surface area contributed by atoms with Crippen LogP contribution in [-0.2, 0) is 6.54 Å². The summed E-state index contributed by atoms with van der Waals surface area (Å²) in [6.07, 6.45) is 0. The lowest BCUT2D eigenvalue weighted by molar-refractivity contribution is 0.0785. The van der Waals surface area contributed by atoms with E-state index in [1.165, 1.54) is 16.0 Å². The van der Waals surface area contributed by atoms with Crippen LogP contribution in [0.4, 0.5) is 0 Å². The van der Waals surface area contributed by atoms with Crippen LogP contribution in [0, 0.1) is 20.8 Å². The van der Waals surface area contributed by atoms with Gasteiger partial charge in [-0.05, 0) is 49.4 Å². The number of benzene rings is 1. The summed E-state index contributed by atoms with van der Waals surface area (Å²) in [6.45, 7) is 6.79. The summed E-state index contributed by atoms with van der Waals surface area (Å²) in [5.41, 5.74) is 4.28. The van der Waals surface area contributed by atoms with Crippen molar-refractivity contribution in [3.05, 3.63) is 56.8 Å². The first-order valence-electron chi connectivity index (χ1n) is 6.34. The molecule has 0 fully saturated rings. The molecule has 100 valence electrons. The Balaban J connectivity index is 2.17. The number of amides is 1. The maximum absolute atomic E-state index is 12.4. The minimum absolute atomic E-state index is 0.0882. The highest BCUT2D eigenvalue weighted by atomic mass is 32.1. The quantitative estimate of drug-likeness (QED) is 0.829. The number of hydrogen-bond acceptors (Lipinski definition) is 2. The first kappa shape index (κ1) is 13.8. The normalized spacial score (nSPS) is 10.5. The second-order valence-corrected chi connectivity index (χ2v) is 6.01. The molecule has 0 saturated carbocycles. The van der Waals surface area contributed by atoms with Gasteiger partial charge in [-0.2, -0.15) is 0 Å². The third kappa shape index (κ3) is 3.04. The van der Waals surface area contributed by atoms with Crippen molar-refractivity contribution in [1.82, 2.24) is 4.90 Å². The van der Waals surface area contributed by atoms with Crippen molar-refractivity contribution in [2.45, 2.75) is 27.3 Å². The second kappa shape index (κ2) is 5.57. The Morgan fingerprint density at radius 2 is 1.89 bits per heavy atom. The molecule has 0 spiro atoms. The van der Waals surface area contributed by atoms with E-state index in [1.807, 2.05) is 33.0 Å². The zero-order valence-corrected chi connectivity index (χ0v) is 12.7. The number of thiophene rings is 1. The van der Waals surface area contributed by atoms with Gasteiger partial charge in [0.15, 0.2) is 0 Å². The van der Waals surface area contributed by atoms with E-state index in [0.29, 0.717) is 6.54 Å². The van der Waals surface area contributed by atoms with Crippen LogP contribution < -0.4 is 0 Å². The number of aryl methyl sites for hydroxylation is 3. The molecule has 1 aromatic carbocycles. The molecule has 0 aliphatic rings. The molecule has 0 unspecified atom stereocenters. The smallest absolute Gasteiger partial charge is 0.254 e. The van der Waals surface area contributed by atoms with Gasteiger partial charge in [0, 0.05) is 17.5 Å². The van der Waals surface area contributed by atoms with E-state index in [1.54, 1.807) is 16.2 Å². The van der Waals surface area contributed by atoms with Gasteiger partial charge in [0.1, 0.15) is 0 Å². The third-order valence-electron chi connectivity index (χ3n) is 3.31. The molecule has 2 aromatic rings. The lowest BCUT2D eigenvalue weighted by Crippen LogP contribution is -2.26. The van der Waals surface area contributed by atoms with Gasteiger partial charge in [-0.1, -0.05) is 17.7 Å². The topological polar surface area (TPSA) is 20.3 Å². The molecule has 0 radical (unpaired) electrons. The van der Waals surface area contributed by atoms with Gasteiger partial charge in [0.2, 0.25) is 0 Å². The van der Waals surface area contributed by atoms with Gasteiger partial charge in [-0.3, -0.25) is 4.79 Å². The fourth-order valence-corrected chi connectivity index (χ4v) is 3.07. The van der Waals surface area contributed by atoms with Crippen LogP contribution in [0.2, 0.25) is 0 Å². The first-order chi connectivity index (χ1) is 8.99. The van der Waals surface area contributed by atoms with E-state index < -0.39 is 0 Å². The molecule has 0 aliphatic carbocycles. The average molecular weight is 273 g/mol. The van der Waals surface area contributed by atoms with Crippen LogP contribution in [0.3, 0.4) is 0 Å². The summed E-state index contributed by atoms with van der Waals surface area (Å²) in [4.78, 5) is 15.5. The van der Waals surface area contributed by atoms with Gasteiger partial charge in [-0.25, -0.2) is 0 Å². The summed E-state index contributed by atoms with van der Waals surface area (Å²) in [6, 6.07) is 8.06. The number of rotatable bonds is 3. The molecule has 0 N–H and O–H groups in total. The average Bonchev–Trinajstić information content (AvgIpc) is 2.74. The molecule has 19 heavy (non-hydrogen) atoms. The molecule has 0 atom stereocenters. The molecule has 3 heteroatoms. The predicted molar refractivity (Wildman–Crippen MR) is 80.8 cm³/mol. The molecular formula is C16H19NOS. The lowest BCUT2D eigenvalue weighted by atomic mass is 10.0. The highest BCUT2D eigenvalue weighted by Gasteiger charge is 2.15. The van der Waals surface area contributed by atoms with E-state index in [-0.39, 0.29) is 5.91 Å². The van der Waals surface area contributed by atoms with Gasteiger partial charge >= 0.3 is 0 Å². The van der Waals surface area contributed by atoms with Gasteiger partial charge in [0.05, 0.1) is 6.54 Å². The van der Waals surface area contributed by atoms with Crippen LogP contribution in [0.1, 0.15) is 31.9 Å². The molecule has 2 nitrogen and oxygen atoms in total. The highest BCUT2D eigenvalue weighted by Crippen LogP contribution is 2.19. The maximum atomic E-state index is 12.4. The largest absolute Gasteiger partial charge is 0.337 e. The minimum Gasteiger partial charge on any atom is -0.337 e. The molecule has 0 bridgehead atoms. The van der Waals surface area contributed by atoms with Crippen molar-refractivity contribution in [3.8, 4) is 0 Å². The Labute approximate surface area is 118 Å². The summed E-state index contributed by atoms with van der Waals surface area (Å²) in [5.74, 6) is 0.0882. The standard InChI is InChI=1S/C16H19NOS/c1-11-5-6-14(13(3)9-11)16(18)17(4)10-15-12(2)7-8-19-15/h5-9H,10H2,1-4H3. The Bertz CT molecular complexity index is 601. The zero-order chi connectivity index (χ0) is 14.0. The Kier molecular flexibility index (Phi) is 4.05. The van der Waals surface area contributed by atoms with Crippen molar-refractivity contribution >= 4 is 17.2 Å². The van der Waals surface area contributed by atoms with E-state index in [2.05, 4.69) is 24.4 Å². The van der Waals surface area contributed by atoms with E-state index in [4.69, 9.17) is 0 Å². The third-order valence-corrected chi connectivity index (χ3v) is 4.32. The van der Waals surface area contributed by atoms with Crippen LogP contribution in [0.15, 0.2) is 29.6 Å². The van der Waals surface area contributed by atoms with Crippen molar-refractivity contribution in [3.63, 3.8) is 0 Å². The van der Waals surface area contributed by atoms with Crippen molar-refractivity contribution in [2.75, 3.05) is 7.05 Å². The summed E-state index contributed by atoms with van der Waals surface area (Å²) in [7, 11) is 1.86. The van der Waals surface area contributed by atoms with E-state index in [0.717, 1.165) is 11.1 Å². The number of nitrogens with zero attached hydrogens (tertiary/aromatic N) is 1. The number of hydrogen-bond donors (Lipinski definition) is 0. The van der Waals surface area contributed by atoms with Crippen molar-refractivity contribution in [1.29, 1.82) is 0 Å². The van der Waals surface area contributed by atoms with E-state index >= 15 is 0 Å². The Morgan fingerprint density at radius 3 is 2.47 bits per heavy atom. The Hall–Kier alpha value is -1.61. The number of carbonyl (C=O) groups is 1. The predicted octanol–water partition coefficient (Wildman–Crippen LogP) is 3.95. The molecule has 1 heterocycles. The van der Waals surface area contributed by atoms with E-state index in [9.17, 15) is 4.79 Å². The van der Waals surface area contributed by atoms with Crippen LogP contribution in [0.25, 0.3) is 0 Å². The zero-order valence-electron chi connectivity index (χ0n) is 11.9. The van der Waals surface area contributed by atoms with Crippen molar-refractivity contribution < 1.29 is 4.79 Å². The SMILES string of the molecule is Cc1ccc(C(=O)N(C)Cc2sccc2C)c(C)c1. The Morgan fingerprint density at radius 1 is 1.16 bits per heavy atom. The summed E-state index contributed by atoms with van der Waals surface area (Å²) < 4.78 is 0. The van der Waals surface area contributed by atoms with Crippen LogP contribution in [0.5, 0.6) is 0 Å². The first-order valence-corrected chi connectivity index (χ1v) is 7.22. The molecule has 0 saturated heterocycles. The number of carbonyl (C=O) groups excluding carboxylic acids is 1. The van der Waals surface area contributed by atoms with Gasteiger partial charge in [0.25, 0.3) is 5.91 Å². The maximum Gasteiger partial charge on any atom is 0.254 e. The summed E-state index contributed by atoms with van der Waals surface area (Å²) in [5, 5.41) is 2.07. The van der Waals surface area contributed by atoms with Crippen LogP contribution >= 0.6 is 11.3 Å². The molecular weight excluding hydrogens is 254 g/mol. The molecule has 2 rings (SSSR count). The summed E-state index contributed by atoms with van der Waals surface area (Å²) >= 11 is 1.70. The van der Waals surface area contributed by atoms with Crippen molar-refractivity contribution in [2.24, 2.45) is 0 Å². The lowest BCUT2D eigenvalue weighted by Gasteiger charge is -2.18. The van der Waals surface area contributed by atoms with Crippen LogP contribution in [-0.4, -0.2) is 17.9 Å². The molecule has 1 aromatic heterocycles. The fraction of sp³-hybridized carbons (Fsp3) is 0.312. The molecule has 1 amide bonds.